The molecular formula is C10H20O4. The van der Waals surface area contributed by atoms with Crippen LogP contribution in [0.1, 0.15) is 38.5 Å². The minimum Gasteiger partial charge on any atom is -0.469 e. The minimum atomic E-state index is -0.587. The maximum atomic E-state index is 10.7. The number of aliphatic hydroxyl groups is 2. The van der Waals surface area contributed by atoms with E-state index < -0.39 is 6.10 Å². The van der Waals surface area contributed by atoms with Crippen molar-refractivity contribution in [2.45, 2.75) is 44.6 Å². The maximum Gasteiger partial charge on any atom is 0.308 e. The molecule has 0 aromatic rings. The molecule has 0 aliphatic rings. The summed E-state index contributed by atoms with van der Waals surface area (Å²) in [6, 6.07) is 0. The highest BCUT2D eigenvalue weighted by Crippen LogP contribution is 2.08. The van der Waals surface area contributed by atoms with Crippen LogP contribution in [0.4, 0.5) is 0 Å². The Hall–Kier alpha value is -0.610. The average Bonchev–Trinajstić information content (AvgIpc) is 2.17. The van der Waals surface area contributed by atoms with E-state index in [4.69, 9.17) is 5.11 Å². The van der Waals surface area contributed by atoms with E-state index in [1.54, 1.807) is 0 Å². The van der Waals surface area contributed by atoms with Crippen LogP contribution in [0.25, 0.3) is 0 Å². The van der Waals surface area contributed by atoms with Crippen molar-refractivity contribution in [2.24, 2.45) is 0 Å². The number of ether oxygens (including phenoxy) is 1. The van der Waals surface area contributed by atoms with Gasteiger partial charge in [0.15, 0.2) is 0 Å². The number of methoxy groups -OCH3 is 1. The van der Waals surface area contributed by atoms with Crippen LogP contribution >= 0.6 is 0 Å². The Morgan fingerprint density at radius 3 is 2.50 bits per heavy atom. The van der Waals surface area contributed by atoms with Crippen molar-refractivity contribution in [3.8, 4) is 0 Å². The van der Waals surface area contributed by atoms with Crippen LogP contribution in [0.5, 0.6) is 0 Å². The fraction of sp³-hybridized carbons (Fsp3) is 0.900. The molecule has 0 radical (unpaired) electrons. The Morgan fingerprint density at radius 1 is 1.29 bits per heavy atom. The number of unbranched alkanes of at least 4 members (excludes halogenated alkanes) is 3. The molecule has 0 aromatic heterocycles. The molecule has 0 spiro atoms. The molecule has 1 unspecified atom stereocenters. The Balaban J connectivity index is 3.26. The molecule has 0 aliphatic carbocycles. The van der Waals surface area contributed by atoms with Gasteiger partial charge in [-0.15, -0.1) is 0 Å². The first-order chi connectivity index (χ1) is 6.70. The maximum absolute atomic E-state index is 10.7. The molecule has 0 rings (SSSR count). The molecule has 84 valence electrons. The van der Waals surface area contributed by atoms with Crippen LogP contribution in [-0.4, -0.2) is 36.0 Å². The van der Waals surface area contributed by atoms with Crippen LogP contribution < -0.4 is 0 Å². The topological polar surface area (TPSA) is 66.8 Å². The zero-order chi connectivity index (χ0) is 10.8. The molecule has 4 heteroatoms. The van der Waals surface area contributed by atoms with Gasteiger partial charge in [0.05, 0.1) is 19.6 Å². The fourth-order valence-corrected chi connectivity index (χ4v) is 1.22. The van der Waals surface area contributed by atoms with E-state index >= 15 is 0 Å². The zero-order valence-electron chi connectivity index (χ0n) is 8.74. The second kappa shape index (κ2) is 8.97. The van der Waals surface area contributed by atoms with E-state index in [9.17, 15) is 9.90 Å². The SMILES string of the molecule is COC(=O)CC(O)CCCCCCO. The molecule has 0 aromatic carbocycles. The molecule has 14 heavy (non-hydrogen) atoms. The van der Waals surface area contributed by atoms with Gasteiger partial charge in [-0.2, -0.15) is 0 Å². The number of esters is 1. The molecule has 0 heterocycles. The van der Waals surface area contributed by atoms with E-state index in [0.29, 0.717) is 6.42 Å². The molecule has 1 atom stereocenters. The molecule has 0 saturated carbocycles. The molecule has 0 aliphatic heterocycles. The van der Waals surface area contributed by atoms with Crippen molar-refractivity contribution in [1.29, 1.82) is 0 Å². The number of hydrogen-bond donors (Lipinski definition) is 2. The predicted octanol–water partition coefficient (Wildman–Crippen LogP) is 0.853. The van der Waals surface area contributed by atoms with Gasteiger partial charge in [0.2, 0.25) is 0 Å². The number of carbonyl (C=O) groups is 1. The van der Waals surface area contributed by atoms with E-state index in [0.717, 1.165) is 25.7 Å². The quantitative estimate of drug-likeness (QED) is 0.454. The molecule has 0 saturated heterocycles. The van der Waals surface area contributed by atoms with Gasteiger partial charge >= 0.3 is 5.97 Å². The van der Waals surface area contributed by atoms with Gasteiger partial charge in [-0.05, 0) is 12.8 Å². The van der Waals surface area contributed by atoms with Crippen molar-refractivity contribution < 1.29 is 19.7 Å². The smallest absolute Gasteiger partial charge is 0.308 e. The number of rotatable bonds is 8. The average molecular weight is 204 g/mol. The van der Waals surface area contributed by atoms with Crippen molar-refractivity contribution in [2.75, 3.05) is 13.7 Å². The lowest BCUT2D eigenvalue weighted by atomic mass is 10.1. The van der Waals surface area contributed by atoms with Crippen LogP contribution in [0, 0.1) is 0 Å². The van der Waals surface area contributed by atoms with Gasteiger partial charge in [0, 0.05) is 6.61 Å². The standard InChI is InChI=1S/C10H20O4/c1-14-10(13)8-9(12)6-4-2-3-5-7-11/h9,11-12H,2-8H2,1H3. The first kappa shape index (κ1) is 13.4. The van der Waals surface area contributed by atoms with Crippen LogP contribution in [-0.2, 0) is 9.53 Å². The lowest BCUT2D eigenvalue weighted by Gasteiger charge is -2.08. The molecule has 0 fully saturated rings. The van der Waals surface area contributed by atoms with Crippen LogP contribution in [0.15, 0.2) is 0 Å². The summed E-state index contributed by atoms with van der Waals surface area (Å²) < 4.78 is 4.43. The highest BCUT2D eigenvalue weighted by Gasteiger charge is 2.09. The summed E-state index contributed by atoms with van der Waals surface area (Å²) in [7, 11) is 1.32. The molecule has 0 amide bonds. The molecule has 2 N–H and O–H groups in total. The summed E-state index contributed by atoms with van der Waals surface area (Å²) in [6.07, 6.45) is 3.78. The largest absolute Gasteiger partial charge is 0.469 e. The number of carbonyl (C=O) groups excluding carboxylic acids is 1. The second-order valence-corrected chi connectivity index (χ2v) is 3.36. The second-order valence-electron chi connectivity index (χ2n) is 3.36. The fourth-order valence-electron chi connectivity index (χ4n) is 1.22. The Kier molecular flexibility index (Phi) is 8.57. The van der Waals surface area contributed by atoms with Crippen LogP contribution in [0.2, 0.25) is 0 Å². The molecular weight excluding hydrogens is 184 g/mol. The van der Waals surface area contributed by atoms with Gasteiger partial charge in [-0.1, -0.05) is 19.3 Å². The summed E-state index contributed by atoms with van der Waals surface area (Å²) in [5.41, 5.74) is 0. The summed E-state index contributed by atoms with van der Waals surface area (Å²) in [5, 5.41) is 17.9. The number of aliphatic hydroxyl groups excluding tert-OH is 2. The molecule has 4 nitrogen and oxygen atoms in total. The first-order valence-corrected chi connectivity index (χ1v) is 5.06. The Morgan fingerprint density at radius 2 is 1.93 bits per heavy atom. The van der Waals surface area contributed by atoms with E-state index in [-0.39, 0.29) is 19.0 Å². The summed E-state index contributed by atoms with van der Waals surface area (Å²) >= 11 is 0. The van der Waals surface area contributed by atoms with E-state index in [1.807, 2.05) is 0 Å². The van der Waals surface area contributed by atoms with Gasteiger partial charge in [-0.25, -0.2) is 0 Å². The van der Waals surface area contributed by atoms with Crippen molar-refractivity contribution in [3.05, 3.63) is 0 Å². The lowest BCUT2D eigenvalue weighted by molar-refractivity contribution is -0.142. The van der Waals surface area contributed by atoms with Gasteiger partial charge in [-0.3, -0.25) is 4.79 Å². The third-order valence-electron chi connectivity index (χ3n) is 2.08. The predicted molar refractivity (Wildman–Crippen MR) is 52.8 cm³/mol. The lowest BCUT2D eigenvalue weighted by Crippen LogP contribution is -2.14. The normalized spacial score (nSPS) is 12.5. The highest BCUT2D eigenvalue weighted by atomic mass is 16.5. The summed E-state index contributed by atoms with van der Waals surface area (Å²) in [5.74, 6) is -0.368. The Labute approximate surface area is 84.9 Å². The van der Waals surface area contributed by atoms with Gasteiger partial charge in [0.1, 0.15) is 0 Å². The zero-order valence-corrected chi connectivity index (χ0v) is 8.74. The minimum absolute atomic E-state index is 0.0799. The van der Waals surface area contributed by atoms with Crippen molar-refractivity contribution in [3.63, 3.8) is 0 Å². The summed E-state index contributed by atoms with van der Waals surface area (Å²) in [6.45, 7) is 0.227. The van der Waals surface area contributed by atoms with Gasteiger partial charge in [0.25, 0.3) is 0 Å². The van der Waals surface area contributed by atoms with E-state index in [2.05, 4.69) is 4.74 Å². The third-order valence-corrected chi connectivity index (χ3v) is 2.08. The molecule has 0 bridgehead atoms. The van der Waals surface area contributed by atoms with Gasteiger partial charge < -0.3 is 14.9 Å². The first-order valence-electron chi connectivity index (χ1n) is 5.06. The van der Waals surface area contributed by atoms with Crippen molar-refractivity contribution in [1.82, 2.24) is 0 Å². The monoisotopic (exact) mass is 204 g/mol. The summed E-state index contributed by atoms with van der Waals surface area (Å²) in [4.78, 5) is 10.7. The van der Waals surface area contributed by atoms with E-state index in [1.165, 1.54) is 7.11 Å². The third kappa shape index (κ3) is 8.01. The Bertz CT molecular complexity index is 147. The highest BCUT2D eigenvalue weighted by molar-refractivity contribution is 5.69. The van der Waals surface area contributed by atoms with Crippen molar-refractivity contribution >= 4 is 5.97 Å². The number of hydrogen-bond acceptors (Lipinski definition) is 4. The van der Waals surface area contributed by atoms with Crippen LogP contribution in [0.3, 0.4) is 0 Å².